The standard InChI is InChI=1S/C35H41FN8O4.C3H8.C2H4O2/c1-21(2)32(37-3)34(46)44-16-6-7-29(44)33-39-19-28(43-33)24-13-11-22(17-25(24)36)9-10-23-12-14-26-27(18-23)42-30(41-26)8-4-5-15-38-31(45)20-40-35(47)48;1-3-2;1-4-2-3/h11-14,17-19,21,29,32,37,40H,4-8,15-16,20H2,1-3H3,(H,38,45)(H,39,43)(H,41,42)(H,47,48);3H2,1-2H3;2H,1H3. The predicted molar refractivity (Wildman–Crippen MR) is 208 cm³/mol. The van der Waals surface area contributed by atoms with E-state index in [9.17, 15) is 14.4 Å². The molecule has 5 rings (SSSR count). The van der Waals surface area contributed by atoms with Gasteiger partial charge in [-0.15, -0.1) is 0 Å². The van der Waals surface area contributed by atoms with Crippen LogP contribution >= 0.6 is 0 Å². The van der Waals surface area contributed by atoms with Gasteiger partial charge in [-0.2, -0.15) is 0 Å². The molecule has 3 amide bonds. The monoisotopic (exact) mass is 760 g/mol. The molecule has 1 aliphatic rings. The molecular weight excluding hydrogens is 707 g/mol. The number of aromatic amines is 2. The van der Waals surface area contributed by atoms with Crippen molar-refractivity contribution >= 4 is 35.4 Å². The van der Waals surface area contributed by atoms with Crippen molar-refractivity contribution in [2.45, 2.75) is 78.3 Å². The largest absolute Gasteiger partial charge is 0.471 e. The fourth-order valence-corrected chi connectivity index (χ4v) is 5.96. The second-order valence-electron chi connectivity index (χ2n) is 13.2. The zero-order valence-corrected chi connectivity index (χ0v) is 32.4. The molecule has 55 heavy (non-hydrogen) atoms. The van der Waals surface area contributed by atoms with E-state index in [1.807, 2.05) is 42.3 Å². The summed E-state index contributed by atoms with van der Waals surface area (Å²) in [6, 6.07) is 10.1. The molecule has 1 aliphatic heterocycles. The minimum atomic E-state index is -1.24. The van der Waals surface area contributed by atoms with Gasteiger partial charge in [0.2, 0.25) is 11.8 Å². The van der Waals surface area contributed by atoms with Gasteiger partial charge in [0, 0.05) is 36.2 Å². The number of hydrogen-bond donors (Lipinski definition) is 6. The number of halogens is 1. The third-order valence-corrected chi connectivity index (χ3v) is 8.49. The molecule has 0 spiro atoms. The maximum Gasteiger partial charge on any atom is 0.405 e. The van der Waals surface area contributed by atoms with Crippen LogP contribution in [0, 0.1) is 23.6 Å². The topological polar surface area (TPSA) is 194 Å². The molecule has 2 atom stereocenters. The SMILES string of the molecule is CCC.CNC(C(=O)N1CCCC1c1ncc(-c2ccc(C#Cc3ccc4nc(CCCCNC(=O)CNC(=O)O)[nH]c4c3)cc2F)[nH]1)C(C)C.COC=O. The lowest BCUT2D eigenvalue weighted by atomic mass is 10.0. The van der Waals surface area contributed by atoms with Crippen LogP contribution in [0.15, 0.2) is 42.6 Å². The summed E-state index contributed by atoms with van der Waals surface area (Å²) in [7, 11) is 3.11. The number of unbranched alkanes of at least 4 members (excludes halogenated alkanes) is 1. The van der Waals surface area contributed by atoms with Crippen molar-refractivity contribution in [1.29, 1.82) is 0 Å². The number of amides is 3. The van der Waals surface area contributed by atoms with Crippen LogP contribution in [-0.2, 0) is 25.5 Å². The molecule has 2 aromatic carbocycles. The predicted octanol–water partition coefficient (Wildman–Crippen LogP) is 5.31. The summed E-state index contributed by atoms with van der Waals surface area (Å²) in [5, 5.41) is 16.4. The number of benzene rings is 2. The van der Waals surface area contributed by atoms with Gasteiger partial charge in [0.1, 0.15) is 17.5 Å². The number of likely N-dealkylation sites (tertiary alicyclic amines) is 1. The van der Waals surface area contributed by atoms with Gasteiger partial charge in [0.05, 0.1) is 48.7 Å². The zero-order chi connectivity index (χ0) is 40.3. The minimum Gasteiger partial charge on any atom is -0.471 e. The molecule has 3 heterocycles. The highest BCUT2D eigenvalue weighted by Gasteiger charge is 2.36. The Morgan fingerprint density at radius 2 is 1.78 bits per heavy atom. The Hall–Kier alpha value is -5.75. The highest BCUT2D eigenvalue weighted by atomic mass is 19.1. The van der Waals surface area contributed by atoms with E-state index in [0.29, 0.717) is 48.6 Å². The molecule has 0 radical (unpaired) electrons. The number of aryl methyl sites for hydroxylation is 1. The second kappa shape index (κ2) is 22.5. The second-order valence-corrected chi connectivity index (χ2v) is 13.2. The molecule has 4 aromatic rings. The minimum absolute atomic E-state index is 0.0552. The Bertz CT molecular complexity index is 1930. The number of nitrogens with one attached hydrogen (secondary N) is 5. The Kier molecular flexibility index (Phi) is 17.8. The summed E-state index contributed by atoms with van der Waals surface area (Å²) in [6.45, 7) is 9.51. The van der Waals surface area contributed by atoms with E-state index in [2.05, 4.69) is 61.0 Å². The van der Waals surface area contributed by atoms with Crippen molar-refractivity contribution < 1.29 is 33.4 Å². The van der Waals surface area contributed by atoms with E-state index in [4.69, 9.17) is 9.90 Å². The van der Waals surface area contributed by atoms with Gasteiger partial charge < -0.3 is 40.7 Å². The number of H-pyrrole nitrogens is 2. The lowest BCUT2D eigenvalue weighted by Crippen LogP contribution is -2.47. The first-order chi connectivity index (χ1) is 26.4. The van der Waals surface area contributed by atoms with Crippen molar-refractivity contribution in [2.75, 3.05) is 33.8 Å². The third-order valence-electron chi connectivity index (χ3n) is 8.49. The Balaban J connectivity index is 0.00000107. The number of nitrogens with zero attached hydrogens (tertiary/aromatic N) is 3. The highest BCUT2D eigenvalue weighted by Crippen LogP contribution is 2.33. The van der Waals surface area contributed by atoms with Crippen LogP contribution in [-0.4, -0.2) is 94.2 Å². The van der Waals surface area contributed by atoms with Gasteiger partial charge in [-0.25, -0.2) is 19.2 Å². The average Bonchev–Trinajstić information content (AvgIpc) is 3.93. The number of carboxylic acid groups (broad SMARTS) is 1. The Labute approximate surface area is 321 Å². The van der Waals surface area contributed by atoms with E-state index in [1.54, 1.807) is 25.4 Å². The van der Waals surface area contributed by atoms with Crippen molar-refractivity contribution in [3.63, 3.8) is 0 Å². The zero-order valence-electron chi connectivity index (χ0n) is 32.4. The van der Waals surface area contributed by atoms with Crippen LogP contribution in [0.5, 0.6) is 0 Å². The van der Waals surface area contributed by atoms with E-state index >= 15 is 4.39 Å². The summed E-state index contributed by atoms with van der Waals surface area (Å²) in [4.78, 5) is 61.8. The summed E-state index contributed by atoms with van der Waals surface area (Å²) in [5.41, 5.74) is 3.88. The molecule has 0 saturated carbocycles. The smallest absolute Gasteiger partial charge is 0.405 e. The lowest BCUT2D eigenvalue weighted by Gasteiger charge is -2.29. The number of rotatable bonds is 13. The Morgan fingerprint density at radius 3 is 2.42 bits per heavy atom. The van der Waals surface area contributed by atoms with Gasteiger partial charge >= 0.3 is 6.09 Å². The molecule has 1 saturated heterocycles. The number of fused-ring (bicyclic) bond motifs is 1. The van der Waals surface area contributed by atoms with Crippen molar-refractivity contribution in [3.05, 3.63) is 71.2 Å². The first-order valence-electron chi connectivity index (χ1n) is 18.5. The van der Waals surface area contributed by atoms with Gasteiger partial charge in [0.15, 0.2) is 0 Å². The summed E-state index contributed by atoms with van der Waals surface area (Å²) in [6.07, 6.45) is 5.51. The van der Waals surface area contributed by atoms with Crippen molar-refractivity contribution in [1.82, 2.24) is 40.8 Å². The van der Waals surface area contributed by atoms with Crippen LogP contribution in [0.1, 0.15) is 88.6 Å². The molecule has 0 bridgehead atoms. The van der Waals surface area contributed by atoms with Crippen molar-refractivity contribution in [3.8, 4) is 23.1 Å². The van der Waals surface area contributed by atoms with Gasteiger partial charge in [0.25, 0.3) is 6.47 Å². The first-order valence-corrected chi connectivity index (χ1v) is 18.5. The number of imidazole rings is 2. The van der Waals surface area contributed by atoms with Crippen LogP contribution in [0.2, 0.25) is 0 Å². The van der Waals surface area contributed by atoms with Gasteiger partial charge in [-0.05, 0) is 75.0 Å². The van der Waals surface area contributed by atoms with Gasteiger partial charge in [-0.1, -0.05) is 46.0 Å². The average molecular weight is 761 g/mol. The number of methoxy groups -OCH3 is 1. The van der Waals surface area contributed by atoms with E-state index in [1.165, 1.54) is 19.6 Å². The third kappa shape index (κ3) is 13.3. The van der Waals surface area contributed by atoms with E-state index in [-0.39, 0.29) is 36.4 Å². The number of likely N-dealkylation sites (N-methyl/N-ethyl adjacent to an activating group) is 1. The molecule has 6 N–H and O–H groups in total. The molecule has 296 valence electrons. The maximum absolute atomic E-state index is 15.3. The fourth-order valence-electron chi connectivity index (χ4n) is 5.96. The van der Waals surface area contributed by atoms with E-state index < -0.39 is 11.9 Å². The molecule has 1 fully saturated rings. The first kappa shape index (κ1) is 43.7. The quantitative estimate of drug-likeness (QED) is 0.0595. The number of hydrogen-bond acceptors (Lipinski definition) is 8. The van der Waals surface area contributed by atoms with Gasteiger partial charge in [-0.3, -0.25) is 14.4 Å². The summed E-state index contributed by atoms with van der Waals surface area (Å²) < 4.78 is 19.2. The lowest BCUT2D eigenvalue weighted by molar-refractivity contribution is -0.135. The molecule has 15 heteroatoms. The van der Waals surface area contributed by atoms with Crippen LogP contribution in [0.25, 0.3) is 22.3 Å². The van der Waals surface area contributed by atoms with Crippen molar-refractivity contribution in [2.24, 2.45) is 5.92 Å². The molecule has 14 nitrogen and oxygen atoms in total. The van der Waals surface area contributed by atoms with Crippen LogP contribution in [0.3, 0.4) is 0 Å². The van der Waals surface area contributed by atoms with Crippen LogP contribution in [0.4, 0.5) is 9.18 Å². The number of carbonyl (C=O) groups is 4. The maximum atomic E-state index is 15.3. The number of carbonyl (C=O) groups excluding carboxylic acids is 3. The Morgan fingerprint density at radius 1 is 1.09 bits per heavy atom. The number of ether oxygens (including phenoxy) is 1. The fraction of sp³-hybridized carbons (Fsp3) is 0.450. The summed E-state index contributed by atoms with van der Waals surface area (Å²) >= 11 is 0. The highest BCUT2D eigenvalue weighted by molar-refractivity contribution is 5.83. The molecular formula is C40H53FN8O6. The normalized spacial score (nSPS) is 13.7. The van der Waals surface area contributed by atoms with Crippen LogP contribution < -0.4 is 16.0 Å². The molecule has 2 unspecified atom stereocenters. The summed E-state index contributed by atoms with van der Waals surface area (Å²) in [5.74, 6) is 7.05. The molecule has 0 aliphatic carbocycles. The molecule has 2 aromatic heterocycles. The number of aromatic nitrogens is 4. The van der Waals surface area contributed by atoms with E-state index in [0.717, 1.165) is 48.1 Å².